The highest BCUT2D eigenvalue weighted by molar-refractivity contribution is 6.32. The average molecular weight is 744 g/mol. The Morgan fingerprint density at radius 3 is 2.34 bits per heavy atom. The Kier molecular flexibility index (Phi) is 12.4. The lowest BCUT2D eigenvalue weighted by Gasteiger charge is -2.36. The normalized spacial score (nSPS) is 15.1. The summed E-state index contributed by atoms with van der Waals surface area (Å²) in [7, 11) is 0. The zero-order valence-electron chi connectivity index (χ0n) is 30.8. The van der Waals surface area contributed by atoms with Crippen molar-refractivity contribution >= 4 is 40.7 Å². The molecule has 3 aromatic carbocycles. The number of hydrogen-bond acceptors (Lipinski definition) is 9. The molecule has 2 amide bonds. The van der Waals surface area contributed by atoms with Crippen molar-refractivity contribution in [2.45, 2.75) is 53.0 Å². The van der Waals surface area contributed by atoms with Crippen LogP contribution in [0.2, 0.25) is 5.02 Å². The van der Waals surface area contributed by atoms with Gasteiger partial charge in [-0.25, -0.2) is 9.37 Å². The van der Waals surface area contributed by atoms with Crippen LogP contribution in [-0.2, 0) is 11.2 Å². The van der Waals surface area contributed by atoms with E-state index in [0.717, 1.165) is 75.3 Å². The average Bonchev–Trinajstić information content (AvgIpc) is 3.68. The van der Waals surface area contributed by atoms with Crippen LogP contribution >= 0.6 is 11.6 Å². The summed E-state index contributed by atoms with van der Waals surface area (Å²) in [6, 6.07) is 15.9. The van der Waals surface area contributed by atoms with Crippen LogP contribution in [-0.4, -0.2) is 94.9 Å². The Labute approximate surface area is 315 Å². The second-order valence-electron chi connectivity index (χ2n) is 13.9. The first kappa shape index (κ1) is 38.0. The van der Waals surface area contributed by atoms with Gasteiger partial charge in [-0.1, -0.05) is 35.9 Å². The molecule has 13 heteroatoms. The van der Waals surface area contributed by atoms with E-state index >= 15 is 4.39 Å². The number of nitrogens with zero attached hydrogens (tertiary/aromatic N) is 5. The van der Waals surface area contributed by atoms with E-state index in [1.807, 2.05) is 36.9 Å². The third-order valence-electron chi connectivity index (χ3n) is 9.73. The molecule has 11 nitrogen and oxygen atoms in total. The summed E-state index contributed by atoms with van der Waals surface area (Å²) in [5.41, 5.74) is 3.63. The molecule has 2 fully saturated rings. The van der Waals surface area contributed by atoms with Gasteiger partial charge >= 0.3 is 0 Å². The number of carbonyl (C=O) groups is 2. The molecule has 4 aromatic rings. The highest BCUT2D eigenvalue weighted by atomic mass is 35.5. The van der Waals surface area contributed by atoms with Gasteiger partial charge < -0.3 is 25.0 Å². The van der Waals surface area contributed by atoms with Gasteiger partial charge in [0.05, 0.1) is 11.4 Å². The number of benzene rings is 3. The fourth-order valence-electron chi connectivity index (χ4n) is 6.56. The van der Waals surface area contributed by atoms with Crippen molar-refractivity contribution < 1.29 is 23.5 Å². The van der Waals surface area contributed by atoms with Crippen LogP contribution in [0.15, 0.2) is 60.8 Å². The minimum atomic E-state index is -0.532. The Balaban J connectivity index is 1.17. The number of carbonyl (C=O) groups excluding carboxylic acids is 2. The minimum Gasteiger partial charge on any atom is -0.489 e. The summed E-state index contributed by atoms with van der Waals surface area (Å²) in [5, 5.41) is 6.22. The molecule has 3 heterocycles. The molecule has 0 unspecified atom stereocenters. The Morgan fingerprint density at radius 2 is 1.66 bits per heavy atom. The SMILES string of the molecule is Cc1cccc(C)c1NC(=O)c1cnc(Nc2ccc(OCCN3CCN(C(C)C)CC3)c(F)c2)nc1Oc1ccc(CC(=O)N2CCCC2)cc1Cl. The predicted octanol–water partition coefficient (Wildman–Crippen LogP) is 7.24. The number of piperazine rings is 1. The summed E-state index contributed by atoms with van der Waals surface area (Å²) in [6.45, 7) is 14.8. The minimum absolute atomic E-state index is 0.0519. The molecule has 2 aliphatic heterocycles. The van der Waals surface area contributed by atoms with Crippen molar-refractivity contribution in [1.82, 2.24) is 24.7 Å². The number of ether oxygens (including phenoxy) is 2. The maximum atomic E-state index is 15.2. The standard InChI is InChI=1S/C40H47ClFN7O4/c1-26(2)48-18-16-47(17-19-48)20-21-52-35-13-11-30(24-33(35)42)44-40-43-25-31(38(51)45-37-27(3)8-7-9-28(37)4)39(46-40)53-34-12-10-29(22-32(34)41)23-36(50)49-14-5-6-15-49/h7-13,22,24-26H,5-6,14-21,23H2,1-4H3,(H,45,51)(H,43,44,46). The highest BCUT2D eigenvalue weighted by Gasteiger charge is 2.22. The van der Waals surface area contributed by atoms with Crippen molar-refractivity contribution in [3.8, 4) is 17.4 Å². The molecule has 2 saturated heterocycles. The van der Waals surface area contributed by atoms with Crippen LogP contribution < -0.4 is 20.1 Å². The molecule has 0 radical (unpaired) electrons. The van der Waals surface area contributed by atoms with Crippen molar-refractivity contribution in [1.29, 1.82) is 0 Å². The number of rotatable bonds is 13. The molecule has 6 rings (SSSR count). The van der Waals surface area contributed by atoms with Gasteiger partial charge in [-0.05, 0) is 81.5 Å². The zero-order valence-corrected chi connectivity index (χ0v) is 31.5. The quantitative estimate of drug-likeness (QED) is 0.146. The van der Waals surface area contributed by atoms with Crippen molar-refractivity contribution in [3.05, 3.63) is 93.9 Å². The van der Waals surface area contributed by atoms with Gasteiger partial charge in [-0.3, -0.25) is 19.4 Å². The lowest BCUT2D eigenvalue weighted by Crippen LogP contribution is -2.49. The molecule has 0 aliphatic carbocycles. The number of nitrogens with one attached hydrogen (secondary N) is 2. The van der Waals surface area contributed by atoms with Gasteiger partial charge in [0.15, 0.2) is 11.6 Å². The molecule has 0 atom stereocenters. The summed E-state index contributed by atoms with van der Waals surface area (Å²) >= 11 is 6.66. The van der Waals surface area contributed by atoms with Crippen molar-refractivity contribution in [3.63, 3.8) is 0 Å². The summed E-state index contributed by atoms with van der Waals surface area (Å²) in [4.78, 5) is 41.9. The summed E-state index contributed by atoms with van der Waals surface area (Å²) in [5.74, 6) is -0.567. The van der Waals surface area contributed by atoms with Gasteiger partial charge in [0.2, 0.25) is 17.7 Å². The fraction of sp³-hybridized carbons (Fsp3) is 0.400. The van der Waals surface area contributed by atoms with Gasteiger partial charge in [-0.15, -0.1) is 0 Å². The number of anilines is 3. The van der Waals surface area contributed by atoms with E-state index in [2.05, 4.69) is 44.2 Å². The van der Waals surface area contributed by atoms with Crippen LogP contribution in [0.25, 0.3) is 0 Å². The monoisotopic (exact) mass is 743 g/mol. The van der Waals surface area contributed by atoms with E-state index in [-0.39, 0.29) is 46.2 Å². The number of aryl methyl sites for hydroxylation is 2. The maximum Gasteiger partial charge on any atom is 0.262 e. The lowest BCUT2D eigenvalue weighted by atomic mass is 10.1. The number of hydrogen-bond donors (Lipinski definition) is 2. The van der Waals surface area contributed by atoms with Gasteiger partial charge in [0, 0.05) is 75.5 Å². The third-order valence-corrected chi connectivity index (χ3v) is 10.0. The Hall–Kier alpha value is -4.78. The van der Waals surface area contributed by atoms with Crippen LogP contribution in [0.3, 0.4) is 0 Å². The van der Waals surface area contributed by atoms with Gasteiger partial charge in [0.1, 0.15) is 17.9 Å². The third kappa shape index (κ3) is 9.81. The summed E-state index contributed by atoms with van der Waals surface area (Å²) in [6.07, 6.45) is 3.60. The van der Waals surface area contributed by atoms with E-state index < -0.39 is 11.7 Å². The van der Waals surface area contributed by atoms with Crippen LogP contribution in [0, 0.1) is 19.7 Å². The number of halogens is 2. The van der Waals surface area contributed by atoms with E-state index in [1.165, 1.54) is 12.3 Å². The number of amides is 2. The molecule has 53 heavy (non-hydrogen) atoms. The number of likely N-dealkylation sites (tertiary alicyclic amines) is 1. The van der Waals surface area contributed by atoms with Crippen LogP contribution in [0.1, 0.15) is 53.7 Å². The molecule has 2 N–H and O–H groups in total. The molecular weight excluding hydrogens is 697 g/mol. The van der Waals surface area contributed by atoms with E-state index in [4.69, 9.17) is 21.1 Å². The molecule has 280 valence electrons. The van der Waals surface area contributed by atoms with Crippen LogP contribution in [0.4, 0.5) is 21.7 Å². The molecule has 0 saturated carbocycles. The van der Waals surface area contributed by atoms with Crippen molar-refractivity contribution in [2.75, 3.05) is 63.1 Å². The molecule has 0 bridgehead atoms. The van der Waals surface area contributed by atoms with Gasteiger partial charge in [0.25, 0.3) is 5.91 Å². The van der Waals surface area contributed by atoms with Gasteiger partial charge in [-0.2, -0.15) is 4.98 Å². The second-order valence-corrected chi connectivity index (χ2v) is 14.3. The second kappa shape index (κ2) is 17.4. The Bertz CT molecular complexity index is 1910. The topological polar surface area (TPSA) is 112 Å². The van der Waals surface area contributed by atoms with E-state index in [9.17, 15) is 9.59 Å². The summed E-state index contributed by atoms with van der Waals surface area (Å²) < 4.78 is 27.1. The van der Waals surface area contributed by atoms with E-state index in [1.54, 1.807) is 30.3 Å². The zero-order chi connectivity index (χ0) is 37.5. The largest absolute Gasteiger partial charge is 0.489 e. The fourth-order valence-corrected chi connectivity index (χ4v) is 6.80. The maximum absolute atomic E-state index is 15.2. The predicted molar refractivity (Wildman–Crippen MR) is 205 cm³/mol. The highest BCUT2D eigenvalue weighted by Crippen LogP contribution is 2.33. The first-order valence-corrected chi connectivity index (χ1v) is 18.6. The first-order chi connectivity index (χ1) is 25.5. The van der Waals surface area contributed by atoms with E-state index in [0.29, 0.717) is 24.0 Å². The van der Waals surface area contributed by atoms with Crippen molar-refractivity contribution in [2.24, 2.45) is 0 Å². The molecular formula is C40H47ClFN7O4. The smallest absolute Gasteiger partial charge is 0.262 e. The number of aromatic nitrogens is 2. The molecule has 0 spiro atoms. The lowest BCUT2D eigenvalue weighted by molar-refractivity contribution is -0.129. The molecule has 1 aromatic heterocycles. The molecule has 2 aliphatic rings. The number of para-hydroxylation sites is 1. The Morgan fingerprint density at radius 1 is 0.943 bits per heavy atom. The first-order valence-electron chi connectivity index (χ1n) is 18.2. The van der Waals surface area contributed by atoms with Crippen LogP contribution in [0.5, 0.6) is 17.4 Å².